The van der Waals surface area contributed by atoms with Gasteiger partial charge in [0, 0.05) is 6.07 Å². The number of primary amides is 1. The molecule has 0 bridgehead atoms. The summed E-state index contributed by atoms with van der Waals surface area (Å²) in [5.41, 5.74) is 6.49. The van der Waals surface area contributed by atoms with Gasteiger partial charge in [0.15, 0.2) is 18.9 Å². The summed E-state index contributed by atoms with van der Waals surface area (Å²) in [6.45, 7) is 0.486. The van der Waals surface area contributed by atoms with Crippen LogP contribution in [0.5, 0.6) is 0 Å². The molecule has 2 N–H and O–H groups in total. The molecule has 0 aliphatic heterocycles. The van der Waals surface area contributed by atoms with Gasteiger partial charge in [-0.2, -0.15) is 4.57 Å². The largest absolute Gasteiger partial charge is 1.00 e. The number of halogens is 3. The number of nitrogens with two attached hydrogens (primary N) is 1. The van der Waals surface area contributed by atoms with Crippen molar-refractivity contribution in [2.45, 2.75) is 6.54 Å². The number of benzene rings is 1. The molecule has 0 spiro atoms. The van der Waals surface area contributed by atoms with Crippen LogP contribution in [0.15, 0.2) is 42.7 Å². The van der Waals surface area contributed by atoms with E-state index in [-0.39, 0.29) is 17.0 Å². The van der Waals surface area contributed by atoms with E-state index in [1.165, 1.54) is 0 Å². The number of rotatable bonds is 3. The topological polar surface area (TPSA) is 47.0 Å². The summed E-state index contributed by atoms with van der Waals surface area (Å²) >= 11 is 12.2. The lowest BCUT2D eigenvalue weighted by Gasteiger charge is -2.03. The molecule has 6 heteroatoms. The molecule has 19 heavy (non-hydrogen) atoms. The van der Waals surface area contributed by atoms with Gasteiger partial charge in [0.05, 0.1) is 15.6 Å². The van der Waals surface area contributed by atoms with Crippen molar-refractivity contribution in [3.05, 3.63) is 63.9 Å². The number of hydrogen-bond donors (Lipinski definition) is 1. The van der Waals surface area contributed by atoms with E-state index in [1.54, 1.807) is 36.5 Å². The van der Waals surface area contributed by atoms with E-state index in [0.717, 1.165) is 5.56 Å². The van der Waals surface area contributed by atoms with Crippen LogP contribution in [-0.4, -0.2) is 5.91 Å². The zero-order valence-corrected chi connectivity index (χ0v) is 12.9. The zero-order valence-electron chi connectivity index (χ0n) is 9.82. The summed E-state index contributed by atoms with van der Waals surface area (Å²) in [6.07, 6.45) is 3.49. The van der Waals surface area contributed by atoms with E-state index in [1.807, 2.05) is 10.8 Å². The molecule has 1 aromatic heterocycles. The summed E-state index contributed by atoms with van der Waals surface area (Å²) in [6, 6.07) is 8.76. The van der Waals surface area contributed by atoms with E-state index >= 15 is 0 Å². The third-order valence-corrected chi connectivity index (χ3v) is 3.25. The monoisotopic (exact) mass is 360 g/mol. The molecule has 0 fully saturated rings. The van der Waals surface area contributed by atoms with Gasteiger partial charge >= 0.3 is 0 Å². The first-order chi connectivity index (χ1) is 8.58. The molecule has 0 saturated carbocycles. The average molecular weight is 362 g/mol. The first kappa shape index (κ1) is 16.0. The number of carbonyl (C=O) groups excluding carboxylic acids is 1. The molecule has 3 nitrogen and oxygen atoms in total. The molecular weight excluding hydrogens is 351 g/mol. The van der Waals surface area contributed by atoms with Crippen LogP contribution < -0.4 is 27.3 Å². The zero-order chi connectivity index (χ0) is 13.1. The highest BCUT2D eigenvalue weighted by molar-refractivity contribution is 6.35. The number of pyridine rings is 1. The summed E-state index contributed by atoms with van der Waals surface area (Å²) in [4.78, 5) is 11.1. The molecule has 1 aromatic carbocycles. The fraction of sp³-hybridized carbons (Fsp3) is 0.0769. The Bertz CT molecular complexity index is 585. The number of carbonyl (C=O) groups is 1. The molecule has 2 aromatic rings. The van der Waals surface area contributed by atoms with Gasteiger partial charge in [-0.1, -0.05) is 29.3 Å². The third-order valence-electron chi connectivity index (χ3n) is 2.55. The van der Waals surface area contributed by atoms with Crippen LogP contribution in [0.1, 0.15) is 15.9 Å². The number of hydrogen-bond acceptors (Lipinski definition) is 1. The van der Waals surface area contributed by atoms with Crippen LogP contribution in [0.25, 0.3) is 0 Å². The predicted octanol–water partition coefficient (Wildman–Crippen LogP) is -0.568. The molecule has 1 heterocycles. The highest BCUT2D eigenvalue weighted by Gasteiger charge is 2.12. The van der Waals surface area contributed by atoms with E-state index < -0.39 is 5.91 Å². The maximum Gasteiger partial charge on any atom is 0.254 e. The normalized spacial score (nSPS) is 9.79. The first-order valence-corrected chi connectivity index (χ1v) is 6.05. The summed E-state index contributed by atoms with van der Waals surface area (Å²) in [5.74, 6) is -0.463. The van der Waals surface area contributed by atoms with Gasteiger partial charge in [-0.25, -0.2) is 0 Å². The van der Waals surface area contributed by atoms with Crippen LogP contribution in [0.3, 0.4) is 0 Å². The van der Waals surface area contributed by atoms with Crippen molar-refractivity contribution in [2.75, 3.05) is 0 Å². The first-order valence-electron chi connectivity index (χ1n) is 5.29. The number of nitrogens with zero attached hydrogens (tertiary/aromatic N) is 1. The lowest BCUT2D eigenvalue weighted by atomic mass is 10.2. The molecule has 0 radical (unpaired) electrons. The van der Waals surface area contributed by atoms with Crippen LogP contribution in [0.4, 0.5) is 0 Å². The molecule has 0 unspecified atom stereocenters. The molecule has 0 aliphatic rings. The van der Waals surface area contributed by atoms with Crippen LogP contribution in [0, 0.1) is 0 Å². The minimum absolute atomic E-state index is 0. The van der Waals surface area contributed by atoms with Crippen LogP contribution in [-0.2, 0) is 6.54 Å². The Morgan fingerprint density at radius 2 is 1.79 bits per heavy atom. The van der Waals surface area contributed by atoms with Crippen LogP contribution in [0.2, 0.25) is 10.0 Å². The van der Waals surface area contributed by atoms with Crippen molar-refractivity contribution in [1.29, 1.82) is 0 Å². The standard InChI is InChI=1S/C13H10Cl2N2O.BrH/c14-11-4-1-5-12(15)10(11)8-17-6-2-3-9(7-17)13(16)18;/h1-7H,8H2,(H-,16,18);1H. The minimum Gasteiger partial charge on any atom is -1.00 e. The Hall–Kier alpha value is -1.10. The smallest absolute Gasteiger partial charge is 0.254 e. The second-order valence-electron chi connectivity index (χ2n) is 3.83. The average Bonchev–Trinajstić information content (AvgIpc) is 2.34. The van der Waals surface area contributed by atoms with Crippen molar-refractivity contribution < 1.29 is 26.3 Å². The predicted molar refractivity (Wildman–Crippen MR) is 70.7 cm³/mol. The van der Waals surface area contributed by atoms with Crippen molar-refractivity contribution >= 4 is 29.1 Å². The quantitative estimate of drug-likeness (QED) is 0.731. The van der Waals surface area contributed by atoms with E-state index in [0.29, 0.717) is 22.2 Å². The van der Waals surface area contributed by atoms with E-state index in [4.69, 9.17) is 28.9 Å². The maximum absolute atomic E-state index is 11.1. The highest BCUT2D eigenvalue weighted by atomic mass is 79.9. The number of amides is 1. The highest BCUT2D eigenvalue weighted by Crippen LogP contribution is 2.23. The molecule has 2 rings (SSSR count). The SMILES string of the molecule is NC(=O)c1ccc[n+](Cc2c(Cl)cccc2Cl)c1.[Br-]. The lowest BCUT2D eigenvalue weighted by Crippen LogP contribution is -3.00. The van der Waals surface area contributed by atoms with Crippen molar-refractivity contribution in [3.8, 4) is 0 Å². The fourth-order valence-electron chi connectivity index (χ4n) is 1.63. The Morgan fingerprint density at radius 1 is 1.16 bits per heavy atom. The van der Waals surface area contributed by atoms with E-state index in [2.05, 4.69) is 0 Å². The summed E-state index contributed by atoms with van der Waals surface area (Å²) < 4.78 is 1.81. The Balaban J connectivity index is 0.00000180. The van der Waals surface area contributed by atoms with Crippen molar-refractivity contribution in [2.24, 2.45) is 5.73 Å². The van der Waals surface area contributed by atoms with Gasteiger partial charge in [-0.05, 0) is 18.2 Å². The Kier molecular flexibility index (Phi) is 5.79. The molecule has 100 valence electrons. The van der Waals surface area contributed by atoms with Gasteiger partial charge in [-0.15, -0.1) is 0 Å². The minimum atomic E-state index is -0.463. The van der Waals surface area contributed by atoms with Crippen molar-refractivity contribution in [3.63, 3.8) is 0 Å². The van der Waals surface area contributed by atoms with Gasteiger partial charge in [0.1, 0.15) is 5.56 Å². The van der Waals surface area contributed by atoms with Gasteiger partial charge in [0.25, 0.3) is 5.91 Å². The van der Waals surface area contributed by atoms with Gasteiger partial charge in [0.2, 0.25) is 0 Å². The molecule has 0 aliphatic carbocycles. The molecular formula is C13H11BrCl2N2O. The molecule has 0 saturated heterocycles. The molecule has 1 amide bonds. The van der Waals surface area contributed by atoms with Gasteiger partial charge < -0.3 is 22.7 Å². The Labute approximate surface area is 131 Å². The maximum atomic E-state index is 11.1. The second kappa shape index (κ2) is 6.89. The molecule has 0 atom stereocenters. The number of aromatic nitrogens is 1. The second-order valence-corrected chi connectivity index (χ2v) is 4.64. The van der Waals surface area contributed by atoms with E-state index in [9.17, 15) is 4.79 Å². The summed E-state index contributed by atoms with van der Waals surface area (Å²) in [7, 11) is 0. The Morgan fingerprint density at radius 3 is 2.37 bits per heavy atom. The fourth-order valence-corrected chi connectivity index (χ4v) is 2.15. The third kappa shape index (κ3) is 3.93. The van der Waals surface area contributed by atoms with Gasteiger partial charge in [-0.3, -0.25) is 4.79 Å². The summed E-state index contributed by atoms with van der Waals surface area (Å²) in [5, 5.41) is 1.19. The van der Waals surface area contributed by atoms with Crippen molar-refractivity contribution in [1.82, 2.24) is 0 Å². The lowest BCUT2D eigenvalue weighted by molar-refractivity contribution is -0.688. The van der Waals surface area contributed by atoms with Crippen LogP contribution >= 0.6 is 23.2 Å².